The van der Waals surface area contributed by atoms with Crippen molar-refractivity contribution in [3.8, 4) is 16.9 Å². The Morgan fingerprint density at radius 1 is 1.26 bits per heavy atom. The lowest BCUT2D eigenvalue weighted by Crippen LogP contribution is -2.16. The molecule has 0 saturated carbocycles. The molecule has 0 atom stereocenters. The molecule has 5 heteroatoms. The molecule has 4 nitrogen and oxygen atoms in total. The van der Waals surface area contributed by atoms with Gasteiger partial charge >= 0.3 is 0 Å². The average Bonchev–Trinajstić information content (AvgIpc) is 2.88. The second-order valence-corrected chi connectivity index (χ2v) is 5.03. The first-order valence-corrected chi connectivity index (χ1v) is 6.69. The minimum Gasteiger partial charge on any atom is -0.497 e. The maximum Gasteiger partial charge on any atom is 0.266 e. The molecule has 0 bridgehead atoms. The van der Waals surface area contributed by atoms with Crippen molar-refractivity contribution in [3.63, 3.8) is 0 Å². The first-order valence-electron chi connectivity index (χ1n) is 5.81. The molecule has 0 aliphatic heterocycles. The Balaban J connectivity index is 2.25. The standard InChI is InChI=1S/C14H12N2O2S/c1-9-12(10-3-5-11(18-2)6-4-10)13(17)16-7-8-19-14(16)15-9/h3-8H,1-2H3. The number of ether oxygens (including phenoxy) is 1. The average molecular weight is 272 g/mol. The normalized spacial score (nSPS) is 10.8. The van der Waals surface area contributed by atoms with Gasteiger partial charge in [-0.25, -0.2) is 4.98 Å². The number of hydrogen-bond acceptors (Lipinski definition) is 4. The highest BCUT2D eigenvalue weighted by atomic mass is 32.1. The fraction of sp³-hybridized carbons (Fsp3) is 0.143. The Labute approximate surface area is 113 Å². The minimum atomic E-state index is -0.0334. The van der Waals surface area contributed by atoms with Crippen LogP contribution in [-0.4, -0.2) is 16.5 Å². The molecule has 3 aromatic rings. The Morgan fingerprint density at radius 3 is 2.68 bits per heavy atom. The van der Waals surface area contributed by atoms with E-state index in [4.69, 9.17) is 4.74 Å². The van der Waals surface area contributed by atoms with Gasteiger partial charge in [0.25, 0.3) is 5.56 Å². The van der Waals surface area contributed by atoms with Crippen molar-refractivity contribution in [2.75, 3.05) is 7.11 Å². The minimum absolute atomic E-state index is 0.0334. The number of aromatic nitrogens is 2. The highest BCUT2D eigenvalue weighted by Crippen LogP contribution is 2.22. The summed E-state index contributed by atoms with van der Waals surface area (Å²) in [5, 5.41) is 1.86. The van der Waals surface area contributed by atoms with Crippen molar-refractivity contribution in [1.82, 2.24) is 9.38 Å². The first kappa shape index (κ1) is 11.9. The first-order chi connectivity index (χ1) is 9.20. The van der Waals surface area contributed by atoms with Crippen LogP contribution in [0.25, 0.3) is 16.1 Å². The van der Waals surface area contributed by atoms with E-state index in [1.807, 2.05) is 36.6 Å². The van der Waals surface area contributed by atoms with E-state index in [0.717, 1.165) is 22.0 Å². The van der Waals surface area contributed by atoms with Gasteiger partial charge in [0.05, 0.1) is 18.4 Å². The monoisotopic (exact) mass is 272 g/mol. The van der Waals surface area contributed by atoms with E-state index in [2.05, 4.69) is 4.98 Å². The zero-order chi connectivity index (χ0) is 13.4. The lowest BCUT2D eigenvalue weighted by molar-refractivity contribution is 0.415. The molecule has 0 unspecified atom stereocenters. The van der Waals surface area contributed by atoms with Gasteiger partial charge in [-0.05, 0) is 24.6 Å². The van der Waals surface area contributed by atoms with Crippen LogP contribution in [0.3, 0.4) is 0 Å². The van der Waals surface area contributed by atoms with Crippen molar-refractivity contribution in [2.24, 2.45) is 0 Å². The molecular formula is C14H12N2O2S. The molecule has 19 heavy (non-hydrogen) atoms. The van der Waals surface area contributed by atoms with E-state index >= 15 is 0 Å². The van der Waals surface area contributed by atoms with E-state index in [0.29, 0.717) is 5.56 Å². The summed E-state index contributed by atoms with van der Waals surface area (Å²) in [6.45, 7) is 1.86. The predicted octanol–water partition coefficient (Wildman–Crippen LogP) is 2.74. The summed E-state index contributed by atoms with van der Waals surface area (Å²) in [7, 11) is 1.62. The van der Waals surface area contributed by atoms with Gasteiger partial charge < -0.3 is 4.74 Å². The van der Waals surface area contributed by atoms with E-state index < -0.39 is 0 Å². The second kappa shape index (κ2) is 4.51. The van der Waals surface area contributed by atoms with Gasteiger partial charge in [-0.1, -0.05) is 12.1 Å². The smallest absolute Gasteiger partial charge is 0.266 e. The molecule has 0 fully saturated rings. The molecule has 3 rings (SSSR count). The highest BCUT2D eigenvalue weighted by Gasteiger charge is 2.12. The number of benzene rings is 1. The van der Waals surface area contributed by atoms with Crippen LogP contribution in [0.15, 0.2) is 40.6 Å². The Morgan fingerprint density at radius 2 is 2.00 bits per heavy atom. The summed E-state index contributed by atoms with van der Waals surface area (Å²) in [6.07, 6.45) is 1.75. The van der Waals surface area contributed by atoms with Crippen LogP contribution >= 0.6 is 11.3 Å². The molecule has 0 radical (unpaired) electrons. The van der Waals surface area contributed by atoms with Crippen LogP contribution in [0.4, 0.5) is 0 Å². The number of hydrogen-bond donors (Lipinski definition) is 0. The van der Waals surface area contributed by atoms with E-state index in [1.54, 1.807) is 17.7 Å². The van der Waals surface area contributed by atoms with Gasteiger partial charge in [-0.2, -0.15) is 0 Å². The van der Waals surface area contributed by atoms with Crippen LogP contribution in [0, 0.1) is 6.92 Å². The van der Waals surface area contributed by atoms with E-state index in [-0.39, 0.29) is 5.56 Å². The topological polar surface area (TPSA) is 43.6 Å². The van der Waals surface area contributed by atoms with Crippen molar-refractivity contribution < 1.29 is 4.74 Å². The molecule has 0 N–H and O–H groups in total. The van der Waals surface area contributed by atoms with Gasteiger partial charge in [0, 0.05) is 11.6 Å². The molecule has 2 heterocycles. The maximum absolute atomic E-state index is 12.5. The SMILES string of the molecule is COc1ccc(-c2c(C)nc3sccn3c2=O)cc1. The molecule has 0 saturated heterocycles. The third-order valence-electron chi connectivity index (χ3n) is 3.03. The number of nitrogens with zero attached hydrogens (tertiary/aromatic N) is 2. The summed E-state index contributed by atoms with van der Waals surface area (Å²) < 4.78 is 6.71. The van der Waals surface area contributed by atoms with Crippen LogP contribution in [-0.2, 0) is 0 Å². The van der Waals surface area contributed by atoms with Crippen molar-refractivity contribution in [1.29, 1.82) is 0 Å². The molecule has 0 aliphatic carbocycles. The number of thiazole rings is 1. The third-order valence-corrected chi connectivity index (χ3v) is 3.78. The third kappa shape index (κ3) is 1.92. The van der Waals surface area contributed by atoms with E-state index in [9.17, 15) is 4.79 Å². The Kier molecular flexibility index (Phi) is 2.83. The zero-order valence-electron chi connectivity index (χ0n) is 10.6. The van der Waals surface area contributed by atoms with Crippen LogP contribution in [0.5, 0.6) is 5.75 Å². The van der Waals surface area contributed by atoms with E-state index in [1.165, 1.54) is 11.3 Å². The summed E-state index contributed by atoms with van der Waals surface area (Å²) in [5.41, 5.74) is 2.21. The Bertz CT molecular complexity index is 787. The van der Waals surface area contributed by atoms with Gasteiger partial charge in [-0.15, -0.1) is 11.3 Å². The van der Waals surface area contributed by atoms with Crippen molar-refractivity contribution >= 4 is 16.3 Å². The second-order valence-electron chi connectivity index (χ2n) is 4.16. The lowest BCUT2D eigenvalue weighted by Gasteiger charge is -2.06. The van der Waals surface area contributed by atoms with Crippen LogP contribution < -0.4 is 10.3 Å². The van der Waals surface area contributed by atoms with Crippen molar-refractivity contribution in [2.45, 2.75) is 6.92 Å². The fourth-order valence-corrected chi connectivity index (χ4v) is 2.82. The number of rotatable bonds is 2. The molecule has 1 aromatic carbocycles. The molecule has 2 aromatic heterocycles. The number of fused-ring (bicyclic) bond motifs is 1. The number of aryl methyl sites for hydroxylation is 1. The van der Waals surface area contributed by atoms with Crippen LogP contribution in [0.2, 0.25) is 0 Å². The molecule has 0 spiro atoms. The maximum atomic E-state index is 12.5. The molecule has 0 amide bonds. The van der Waals surface area contributed by atoms with Crippen LogP contribution in [0.1, 0.15) is 5.69 Å². The van der Waals surface area contributed by atoms with Gasteiger partial charge in [-0.3, -0.25) is 9.20 Å². The summed E-state index contributed by atoms with van der Waals surface area (Å²) in [5.74, 6) is 0.770. The van der Waals surface area contributed by atoms with Gasteiger partial charge in [0.1, 0.15) is 5.75 Å². The summed E-state index contributed by atoms with van der Waals surface area (Å²) >= 11 is 1.46. The molecule has 96 valence electrons. The summed E-state index contributed by atoms with van der Waals surface area (Å²) in [4.78, 5) is 17.7. The molecular weight excluding hydrogens is 260 g/mol. The fourth-order valence-electron chi connectivity index (χ4n) is 2.07. The quantitative estimate of drug-likeness (QED) is 0.720. The highest BCUT2D eigenvalue weighted by molar-refractivity contribution is 7.15. The van der Waals surface area contributed by atoms with Crippen molar-refractivity contribution in [3.05, 3.63) is 51.9 Å². The lowest BCUT2D eigenvalue weighted by atomic mass is 10.1. The Hall–Kier alpha value is -2.14. The zero-order valence-corrected chi connectivity index (χ0v) is 11.4. The largest absolute Gasteiger partial charge is 0.497 e. The van der Waals surface area contributed by atoms with Gasteiger partial charge in [0.15, 0.2) is 4.96 Å². The van der Waals surface area contributed by atoms with Gasteiger partial charge in [0.2, 0.25) is 0 Å². The number of methoxy groups -OCH3 is 1. The summed E-state index contributed by atoms with van der Waals surface area (Å²) in [6, 6.07) is 7.44. The molecule has 0 aliphatic rings. The predicted molar refractivity (Wildman–Crippen MR) is 76.1 cm³/mol.